The standard InChI is InChI=1S/C10H15N3O4/c11-8(14)5-7(9(15)16)13-10(17)12-6-3-1-2-4-6/h1-2,6-7H,3-5H2,(H2,11,14)(H,15,16)(H2,12,13,17)/t7-/m1/s1. The van der Waals surface area contributed by atoms with E-state index in [-0.39, 0.29) is 6.04 Å². The van der Waals surface area contributed by atoms with Gasteiger partial charge in [0.05, 0.1) is 6.42 Å². The summed E-state index contributed by atoms with van der Waals surface area (Å²) < 4.78 is 0. The van der Waals surface area contributed by atoms with Crippen LogP contribution in [0.25, 0.3) is 0 Å². The van der Waals surface area contributed by atoms with Crippen LogP contribution < -0.4 is 16.4 Å². The lowest BCUT2D eigenvalue weighted by Crippen LogP contribution is -2.49. The third-order valence-corrected chi connectivity index (χ3v) is 2.35. The van der Waals surface area contributed by atoms with Crippen molar-refractivity contribution in [2.45, 2.75) is 31.3 Å². The molecule has 3 amide bonds. The molecule has 1 aliphatic carbocycles. The Bertz CT molecular complexity index is 345. The highest BCUT2D eigenvalue weighted by Gasteiger charge is 2.23. The van der Waals surface area contributed by atoms with Crippen molar-refractivity contribution in [1.29, 1.82) is 0 Å². The molecule has 0 saturated heterocycles. The number of carboxylic acids is 1. The van der Waals surface area contributed by atoms with Gasteiger partial charge >= 0.3 is 12.0 Å². The Kier molecular flexibility index (Phi) is 4.50. The number of primary amides is 1. The third-order valence-electron chi connectivity index (χ3n) is 2.35. The largest absolute Gasteiger partial charge is 0.480 e. The first-order chi connectivity index (χ1) is 7.99. The van der Waals surface area contributed by atoms with E-state index in [0.29, 0.717) is 0 Å². The van der Waals surface area contributed by atoms with Crippen molar-refractivity contribution >= 4 is 17.9 Å². The molecule has 0 unspecified atom stereocenters. The van der Waals surface area contributed by atoms with Crippen molar-refractivity contribution in [3.63, 3.8) is 0 Å². The number of nitrogens with one attached hydrogen (secondary N) is 2. The molecule has 0 aromatic rings. The van der Waals surface area contributed by atoms with E-state index in [4.69, 9.17) is 10.8 Å². The maximum absolute atomic E-state index is 11.4. The topological polar surface area (TPSA) is 122 Å². The van der Waals surface area contributed by atoms with E-state index in [0.717, 1.165) is 12.8 Å². The highest BCUT2D eigenvalue weighted by Crippen LogP contribution is 2.08. The summed E-state index contributed by atoms with van der Waals surface area (Å²) in [6.45, 7) is 0. The van der Waals surface area contributed by atoms with Crippen molar-refractivity contribution in [3.8, 4) is 0 Å². The minimum Gasteiger partial charge on any atom is -0.480 e. The second kappa shape index (κ2) is 5.88. The Hall–Kier alpha value is -2.05. The summed E-state index contributed by atoms with van der Waals surface area (Å²) in [5.41, 5.74) is 4.89. The van der Waals surface area contributed by atoms with Gasteiger partial charge in [0.25, 0.3) is 0 Å². The molecule has 7 nitrogen and oxygen atoms in total. The van der Waals surface area contributed by atoms with Crippen LogP contribution in [0.2, 0.25) is 0 Å². The molecule has 1 aliphatic rings. The minimum atomic E-state index is -1.29. The zero-order chi connectivity index (χ0) is 12.8. The molecule has 7 heteroatoms. The van der Waals surface area contributed by atoms with E-state index in [2.05, 4.69) is 10.6 Å². The number of amides is 3. The maximum atomic E-state index is 11.4. The van der Waals surface area contributed by atoms with Gasteiger partial charge in [0.2, 0.25) is 5.91 Å². The Balaban J connectivity index is 2.40. The number of rotatable bonds is 5. The summed E-state index contributed by atoms with van der Waals surface area (Å²) in [6.07, 6.45) is 4.89. The number of urea groups is 1. The smallest absolute Gasteiger partial charge is 0.326 e. The molecule has 0 bridgehead atoms. The Morgan fingerprint density at radius 1 is 1.35 bits per heavy atom. The average molecular weight is 241 g/mol. The second-order valence-electron chi connectivity index (χ2n) is 3.82. The van der Waals surface area contributed by atoms with Crippen molar-refractivity contribution < 1.29 is 19.5 Å². The minimum absolute atomic E-state index is 0.0157. The molecule has 1 atom stereocenters. The highest BCUT2D eigenvalue weighted by molar-refractivity contribution is 5.87. The van der Waals surface area contributed by atoms with Gasteiger partial charge in [-0.1, -0.05) is 12.2 Å². The van der Waals surface area contributed by atoms with Crippen LogP contribution in [-0.2, 0) is 9.59 Å². The molecule has 0 aliphatic heterocycles. The number of carbonyl (C=O) groups excluding carboxylic acids is 2. The molecule has 1 rings (SSSR count). The lowest BCUT2D eigenvalue weighted by molar-refractivity contribution is -0.140. The van der Waals surface area contributed by atoms with E-state index >= 15 is 0 Å². The van der Waals surface area contributed by atoms with Crippen LogP contribution in [0.3, 0.4) is 0 Å². The Morgan fingerprint density at radius 2 is 1.94 bits per heavy atom. The van der Waals surface area contributed by atoms with Crippen molar-refractivity contribution in [2.24, 2.45) is 5.73 Å². The van der Waals surface area contributed by atoms with Gasteiger partial charge in [-0.15, -0.1) is 0 Å². The zero-order valence-electron chi connectivity index (χ0n) is 9.18. The molecule has 94 valence electrons. The normalized spacial score (nSPS) is 16.5. The fourth-order valence-corrected chi connectivity index (χ4v) is 1.52. The average Bonchev–Trinajstić information content (AvgIpc) is 2.68. The molecular weight excluding hydrogens is 226 g/mol. The number of carbonyl (C=O) groups is 3. The maximum Gasteiger partial charge on any atom is 0.326 e. The molecule has 0 spiro atoms. The van der Waals surface area contributed by atoms with Crippen LogP contribution in [-0.4, -0.2) is 35.1 Å². The van der Waals surface area contributed by atoms with Crippen LogP contribution in [0.1, 0.15) is 19.3 Å². The summed E-state index contributed by atoms with van der Waals surface area (Å²) in [5, 5.41) is 13.6. The van der Waals surface area contributed by atoms with Gasteiger partial charge in [0.15, 0.2) is 0 Å². The number of carboxylic acid groups (broad SMARTS) is 1. The van der Waals surface area contributed by atoms with Crippen LogP contribution >= 0.6 is 0 Å². The molecule has 0 radical (unpaired) electrons. The molecular formula is C10H15N3O4. The molecule has 0 heterocycles. The van der Waals surface area contributed by atoms with E-state index in [9.17, 15) is 14.4 Å². The molecule has 0 aromatic carbocycles. The first-order valence-corrected chi connectivity index (χ1v) is 5.22. The lowest BCUT2D eigenvalue weighted by Gasteiger charge is -2.16. The van der Waals surface area contributed by atoms with Crippen molar-refractivity contribution in [3.05, 3.63) is 12.2 Å². The second-order valence-corrected chi connectivity index (χ2v) is 3.82. The van der Waals surface area contributed by atoms with Crippen LogP contribution in [0.5, 0.6) is 0 Å². The SMILES string of the molecule is NC(=O)C[C@@H](NC(=O)NC1CC=CC1)C(=O)O. The fourth-order valence-electron chi connectivity index (χ4n) is 1.52. The summed E-state index contributed by atoms with van der Waals surface area (Å²) in [7, 11) is 0. The molecule has 5 N–H and O–H groups in total. The Labute approximate surface area is 98.0 Å². The summed E-state index contributed by atoms with van der Waals surface area (Å²) in [4.78, 5) is 32.8. The van der Waals surface area contributed by atoms with E-state index in [1.807, 2.05) is 12.2 Å². The van der Waals surface area contributed by atoms with Gasteiger partial charge in [0, 0.05) is 6.04 Å². The van der Waals surface area contributed by atoms with E-state index in [1.54, 1.807) is 0 Å². The van der Waals surface area contributed by atoms with Crippen LogP contribution in [0, 0.1) is 0 Å². The van der Waals surface area contributed by atoms with Gasteiger partial charge in [-0.2, -0.15) is 0 Å². The van der Waals surface area contributed by atoms with Crippen molar-refractivity contribution in [1.82, 2.24) is 10.6 Å². The number of hydrogen-bond donors (Lipinski definition) is 4. The lowest BCUT2D eigenvalue weighted by atomic mass is 10.2. The van der Waals surface area contributed by atoms with Crippen molar-refractivity contribution in [2.75, 3.05) is 0 Å². The first-order valence-electron chi connectivity index (χ1n) is 5.22. The number of hydrogen-bond acceptors (Lipinski definition) is 3. The number of nitrogens with two attached hydrogens (primary N) is 1. The molecule has 0 aromatic heterocycles. The van der Waals surface area contributed by atoms with E-state index < -0.39 is 30.4 Å². The molecule has 0 fully saturated rings. The van der Waals surface area contributed by atoms with Gasteiger partial charge in [-0.3, -0.25) is 4.79 Å². The fraction of sp³-hybridized carbons (Fsp3) is 0.500. The monoisotopic (exact) mass is 241 g/mol. The van der Waals surface area contributed by atoms with Gasteiger partial charge in [0.1, 0.15) is 6.04 Å². The first kappa shape index (κ1) is 13.0. The predicted molar refractivity (Wildman–Crippen MR) is 59.1 cm³/mol. The van der Waals surface area contributed by atoms with Gasteiger partial charge in [-0.05, 0) is 12.8 Å². The Morgan fingerprint density at radius 3 is 2.41 bits per heavy atom. The van der Waals surface area contributed by atoms with Crippen LogP contribution in [0.4, 0.5) is 4.79 Å². The van der Waals surface area contributed by atoms with Gasteiger partial charge < -0.3 is 21.5 Å². The third kappa shape index (κ3) is 4.54. The molecule has 0 saturated carbocycles. The summed E-state index contributed by atoms with van der Waals surface area (Å²) in [6, 6.07) is -1.91. The quantitative estimate of drug-likeness (QED) is 0.477. The highest BCUT2D eigenvalue weighted by atomic mass is 16.4. The number of aliphatic carboxylic acids is 1. The van der Waals surface area contributed by atoms with Gasteiger partial charge in [-0.25, -0.2) is 9.59 Å². The summed E-state index contributed by atoms with van der Waals surface area (Å²) in [5.74, 6) is -2.07. The molecule has 17 heavy (non-hydrogen) atoms. The zero-order valence-corrected chi connectivity index (χ0v) is 9.18. The van der Waals surface area contributed by atoms with Crippen LogP contribution in [0.15, 0.2) is 12.2 Å². The van der Waals surface area contributed by atoms with E-state index in [1.165, 1.54) is 0 Å². The summed E-state index contributed by atoms with van der Waals surface area (Å²) >= 11 is 0. The predicted octanol–water partition coefficient (Wildman–Crippen LogP) is -0.667.